The Labute approximate surface area is 155 Å². The Hall–Kier alpha value is -2.40. The first-order chi connectivity index (χ1) is 12.8. The number of aromatic nitrogens is 1. The predicted molar refractivity (Wildman–Crippen MR) is 104 cm³/mol. The summed E-state index contributed by atoms with van der Waals surface area (Å²) in [4.78, 5) is 24.1. The van der Waals surface area contributed by atoms with Gasteiger partial charge >= 0.3 is 0 Å². The normalized spacial score (nSPS) is 17.9. The molecule has 0 unspecified atom stereocenters. The van der Waals surface area contributed by atoms with Gasteiger partial charge in [0.25, 0.3) is 5.91 Å². The molecule has 2 aliphatic heterocycles. The van der Waals surface area contributed by atoms with Crippen LogP contribution in [-0.4, -0.2) is 60.0 Å². The van der Waals surface area contributed by atoms with Gasteiger partial charge in [-0.05, 0) is 43.1 Å². The number of piperazine rings is 1. The van der Waals surface area contributed by atoms with E-state index in [1.54, 1.807) is 6.20 Å². The van der Waals surface area contributed by atoms with Crippen molar-refractivity contribution in [1.29, 1.82) is 0 Å². The highest BCUT2D eigenvalue weighted by atomic mass is 16.2. The maximum Gasteiger partial charge on any atom is 0.254 e. The van der Waals surface area contributed by atoms with Crippen molar-refractivity contribution in [2.24, 2.45) is 0 Å². The number of nitrogens with zero attached hydrogens (tertiary/aromatic N) is 4. The summed E-state index contributed by atoms with van der Waals surface area (Å²) in [5.74, 6) is 0.991. The summed E-state index contributed by atoms with van der Waals surface area (Å²) in [6.45, 7) is 7.68. The lowest BCUT2D eigenvalue weighted by Gasteiger charge is -2.34. The third-order valence-corrected chi connectivity index (χ3v) is 5.49. The van der Waals surface area contributed by atoms with Crippen LogP contribution < -0.4 is 4.90 Å². The first-order valence-corrected chi connectivity index (χ1v) is 9.59. The number of para-hydroxylation sites is 1. The molecular weight excluding hydrogens is 324 g/mol. The molecule has 1 fully saturated rings. The fourth-order valence-electron chi connectivity index (χ4n) is 3.92. The van der Waals surface area contributed by atoms with E-state index in [4.69, 9.17) is 0 Å². The molecule has 1 aromatic heterocycles. The summed E-state index contributed by atoms with van der Waals surface area (Å²) in [5, 5.41) is 0. The first-order valence-electron chi connectivity index (χ1n) is 9.59. The van der Waals surface area contributed by atoms with E-state index >= 15 is 0 Å². The third kappa shape index (κ3) is 3.31. The minimum absolute atomic E-state index is 0.120. The Balaban J connectivity index is 1.55. The second kappa shape index (κ2) is 7.46. The standard InChI is InChI=1S/C21H26N4O/c1-2-23-12-14-24(15-13-23)21(26)18-9-10-22-20(16-18)25-11-5-7-17-6-3-4-8-19(17)25/h3-4,6,8-10,16H,2,5,7,11-15H2,1H3. The molecule has 1 aromatic carbocycles. The number of rotatable bonds is 3. The van der Waals surface area contributed by atoms with Crippen molar-refractivity contribution in [3.8, 4) is 0 Å². The van der Waals surface area contributed by atoms with Crippen LogP contribution in [0.25, 0.3) is 0 Å². The fraction of sp³-hybridized carbons (Fsp3) is 0.429. The summed E-state index contributed by atoms with van der Waals surface area (Å²) < 4.78 is 0. The van der Waals surface area contributed by atoms with Crippen molar-refractivity contribution in [2.45, 2.75) is 19.8 Å². The van der Waals surface area contributed by atoms with Gasteiger partial charge in [-0.1, -0.05) is 25.1 Å². The summed E-state index contributed by atoms with van der Waals surface area (Å²) in [5.41, 5.74) is 3.31. The number of amides is 1. The molecule has 0 saturated carbocycles. The average Bonchev–Trinajstić information content (AvgIpc) is 2.73. The van der Waals surface area contributed by atoms with Gasteiger partial charge in [-0.2, -0.15) is 0 Å². The molecule has 0 spiro atoms. The van der Waals surface area contributed by atoms with E-state index in [1.165, 1.54) is 11.3 Å². The zero-order chi connectivity index (χ0) is 17.9. The lowest BCUT2D eigenvalue weighted by Crippen LogP contribution is -2.48. The Kier molecular flexibility index (Phi) is 4.89. The summed E-state index contributed by atoms with van der Waals surface area (Å²) in [6.07, 6.45) is 3.98. The van der Waals surface area contributed by atoms with Gasteiger partial charge in [0.2, 0.25) is 0 Å². The maximum atomic E-state index is 12.9. The zero-order valence-corrected chi connectivity index (χ0v) is 15.4. The Bertz CT molecular complexity index is 783. The summed E-state index contributed by atoms with van der Waals surface area (Å²) >= 11 is 0. The van der Waals surface area contributed by atoms with Crippen molar-refractivity contribution in [3.63, 3.8) is 0 Å². The first kappa shape index (κ1) is 17.0. The fourth-order valence-corrected chi connectivity index (χ4v) is 3.92. The van der Waals surface area contributed by atoms with Crippen LogP contribution >= 0.6 is 0 Å². The number of likely N-dealkylation sites (N-methyl/N-ethyl adjacent to an activating group) is 1. The van der Waals surface area contributed by atoms with E-state index in [0.717, 1.165) is 63.5 Å². The van der Waals surface area contributed by atoms with Crippen LogP contribution in [0.4, 0.5) is 11.5 Å². The molecule has 2 aromatic rings. The van der Waals surface area contributed by atoms with E-state index in [2.05, 4.69) is 46.0 Å². The molecule has 3 heterocycles. The minimum Gasteiger partial charge on any atom is -0.336 e. The minimum atomic E-state index is 0.120. The van der Waals surface area contributed by atoms with Crippen LogP contribution in [0.1, 0.15) is 29.3 Å². The number of fused-ring (bicyclic) bond motifs is 1. The SMILES string of the molecule is CCN1CCN(C(=O)c2ccnc(N3CCCc4ccccc43)c2)CC1. The molecule has 5 nitrogen and oxygen atoms in total. The van der Waals surface area contributed by atoms with E-state index in [1.807, 2.05) is 17.0 Å². The highest BCUT2D eigenvalue weighted by molar-refractivity contribution is 5.95. The van der Waals surface area contributed by atoms with Crippen LogP contribution in [-0.2, 0) is 6.42 Å². The van der Waals surface area contributed by atoms with Crippen molar-refractivity contribution >= 4 is 17.4 Å². The van der Waals surface area contributed by atoms with Crippen molar-refractivity contribution < 1.29 is 4.79 Å². The Morgan fingerprint density at radius 1 is 1.08 bits per heavy atom. The van der Waals surface area contributed by atoms with E-state index in [-0.39, 0.29) is 5.91 Å². The molecule has 2 aliphatic rings. The molecule has 4 rings (SSSR count). The lowest BCUT2D eigenvalue weighted by molar-refractivity contribution is 0.0643. The largest absolute Gasteiger partial charge is 0.336 e. The quantitative estimate of drug-likeness (QED) is 0.853. The Morgan fingerprint density at radius 3 is 2.69 bits per heavy atom. The highest BCUT2D eigenvalue weighted by Crippen LogP contribution is 2.32. The molecule has 0 aliphatic carbocycles. The van der Waals surface area contributed by atoms with Gasteiger partial charge in [0.15, 0.2) is 0 Å². The molecule has 0 radical (unpaired) electrons. The molecule has 5 heteroatoms. The zero-order valence-electron chi connectivity index (χ0n) is 15.4. The number of carbonyl (C=O) groups is 1. The van der Waals surface area contributed by atoms with Gasteiger partial charge in [-0.25, -0.2) is 4.98 Å². The molecule has 0 N–H and O–H groups in total. The van der Waals surface area contributed by atoms with Crippen molar-refractivity contribution in [1.82, 2.24) is 14.8 Å². The Morgan fingerprint density at radius 2 is 1.88 bits per heavy atom. The molecule has 1 saturated heterocycles. The number of carbonyl (C=O) groups excluding carboxylic acids is 1. The van der Waals surface area contributed by atoms with Crippen LogP contribution in [0.3, 0.4) is 0 Å². The van der Waals surface area contributed by atoms with E-state index in [0.29, 0.717) is 0 Å². The van der Waals surface area contributed by atoms with Crippen molar-refractivity contribution in [3.05, 3.63) is 53.7 Å². The molecule has 26 heavy (non-hydrogen) atoms. The molecule has 1 amide bonds. The van der Waals surface area contributed by atoms with Crippen LogP contribution in [0, 0.1) is 0 Å². The third-order valence-electron chi connectivity index (χ3n) is 5.49. The lowest BCUT2D eigenvalue weighted by atomic mass is 10.0. The van der Waals surface area contributed by atoms with Gasteiger partial charge < -0.3 is 14.7 Å². The number of anilines is 2. The average molecular weight is 350 g/mol. The predicted octanol–water partition coefficient (Wildman–Crippen LogP) is 2.94. The van der Waals surface area contributed by atoms with Crippen molar-refractivity contribution in [2.75, 3.05) is 44.2 Å². The monoisotopic (exact) mass is 350 g/mol. The van der Waals surface area contributed by atoms with Crippen LogP contribution in [0.15, 0.2) is 42.6 Å². The van der Waals surface area contributed by atoms with Gasteiger partial charge in [0.05, 0.1) is 0 Å². The van der Waals surface area contributed by atoms with Gasteiger partial charge in [0.1, 0.15) is 5.82 Å². The smallest absolute Gasteiger partial charge is 0.254 e. The van der Waals surface area contributed by atoms with E-state index < -0.39 is 0 Å². The summed E-state index contributed by atoms with van der Waals surface area (Å²) in [6, 6.07) is 12.3. The number of hydrogen-bond acceptors (Lipinski definition) is 4. The summed E-state index contributed by atoms with van der Waals surface area (Å²) in [7, 11) is 0. The molecule has 0 atom stereocenters. The highest BCUT2D eigenvalue weighted by Gasteiger charge is 2.23. The topological polar surface area (TPSA) is 39.7 Å². The van der Waals surface area contributed by atoms with E-state index in [9.17, 15) is 4.79 Å². The molecular formula is C21H26N4O. The maximum absolute atomic E-state index is 12.9. The van der Waals surface area contributed by atoms with Crippen LogP contribution in [0.5, 0.6) is 0 Å². The number of aryl methyl sites for hydroxylation is 1. The molecule has 136 valence electrons. The second-order valence-corrected chi connectivity index (χ2v) is 7.01. The number of benzene rings is 1. The molecule has 0 bridgehead atoms. The van der Waals surface area contributed by atoms with Crippen LogP contribution in [0.2, 0.25) is 0 Å². The van der Waals surface area contributed by atoms with Gasteiger partial charge in [0, 0.05) is 50.2 Å². The number of hydrogen-bond donors (Lipinski definition) is 0. The second-order valence-electron chi connectivity index (χ2n) is 7.01. The van der Waals surface area contributed by atoms with Gasteiger partial charge in [-0.3, -0.25) is 4.79 Å². The van der Waals surface area contributed by atoms with Gasteiger partial charge in [-0.15, -0.1) is 0 Å². The number of pyridine rings is 1.